The van der Waals surface area contributed by atoms with Crippen LogP contribution in [-0.2, 0) is 11.2 Å². The minimum atomic E-state index is -0.156. The molecule has 5 nitrogen and oxygen atoms in total. The molecule has 1 aliphatic heterocycles. The van der Waals surface area contributed by atoms with Crippen LogP contribution in [0.3, 0.4) is 0 Å². The van der Waals surface area contributed by atoms with Crippen molar-refractivity contribution in [3.63, 3.8) is 0 Å². The van der Waals surface area contributed by atoms with E-state index >= 15 is 0 Å². The van der Waals surface area contributed by atoms with Crippen LogP contribution >= 0.6 is 0 Å². The average molecular weight is 349 g/mol. The van der Waals surface area contributed by atoms with Crippen LogP contribution in [-0.4, -0.2) is 32.9 Å². The monoisotopic (exact) mass is 349 g/mol. The van der Waals surface area contributed by atoms with Crippen molar-refractivity contribution in [2.45, 2.75) is 12.8 Å². The second kappa shape index (κ2) is 7.87. The number of aliphatic imine (C=N–C) groups is 1. The van der Waals surface area contributed by atoms with Gasteiger partial charge in [-0.15, -0.1) is 0 Å². The Labute approximate surface area is 154 Å². The zero-order valence-corrected chi connectivity index (χ0v) is 15.3. The van der Waals surface area contributed by atoms with Crippen LogP contribution in [0.15, 0.2) is 59.2 Å². The van der Waals surface area contributed by atoms with E-state index in [0.717, 1.165) is 29.0 Å². The maximum absolute atomic E-state index is 12.2. The number of benzene rings is 2. The van der Waals surface area contributed by atoms with Gasteiger partial charge in [-0.3, -0.25) is 4.79 Å². The lowest BCUT2D eigenvalue weighted by molar-refractivity contribution is -0.115. The molecule has 0 spiro atoms. The van der Waals surface area contributed by atoms with Crippen molar-refractivity contribution in [2.75, 3.05) is 26.1 Å². The van der Waals surface area contributed by atoms with Gasteiger partial charge < -0.3 is 15.0 Å². The highest BCUT2D eigenvalue weighted by Gasteiger charge is 2.20. The zero-order valence-electron chi connectivity index (χ0n) is 15.3. The largest absolute Gasteiger partial charge is 0.496 e. The number of nitrogens with zero attached hydrogens (tertiary/aromatic N) is 2. The fourth-order valence-corrected chi connectivity index (χ4v) is 2.82. The summed E-state index contributed by atoms with van der Waals surface area (Å²) in [4.78, 5) is 18.7. The molecule has 0 atom stereocenters. The van der Waals surface area contributed by atoms with E-state index in [1.807, 2.05) is 73.6 Å². The first-order valence-corrected chi connectivity index (χ1v) is 8.56. The van der Waals surface area contributed by atoms with E-state index in [9.17, 15) is 4.79 Å². The second-order valence-electron chi connectivity index (χ2n) is 6.34. The Hall–Kier alpha value is -3.08. The van der Waals surface area contributed by atoms with Crippen molar-refractivity contribution < 1.29 is 9.53 Å². The Morgan fingerprint density at radius 1 is 1.08 bits per heavy atom. The molecule has 0 saturated heterocycles. The summed E-state index contributed by atoms with van der Waals surface area (Å²) in [5.74, 6) is 1.39. The van der Waals surface area contributed by atoms with Gasteiger partial charge in [-0.05, 0) is 41.8 Å². The number of ether oxygens (including phenoxy) is 1. The van der Waals surface area contributed by atoms with Gasteiger partial charge in [0.2, 0.25) is 0 Å². The van der Waals surface area contributed by atoms with Crippen LogP contribution in [0.2, 0.25) is 0 Å². The summed E-state index contributed by atoms with van der Waals surface area (Å²) in [6, 6.07) is 15.9. The molecule has 0 aromatic heterocycles. The molecule has 1 N–H and O–H groups in total. The van der Waals surface area contributed by atoms with E-state index in [4.69, 9.17) is 4.74 Å². The Bertz CT molecular complexity index is 852. The number of nitrogens with one attached hydrogen (secondary N) is 1. The molecule has 0 fully saturated rings. The van der Waals surface area contributed by atoms with Crippen LogP contribution in [0.25, 0.3) is 6.08 Å². The highest BCUT2D eigenvalue weighted by Crippen LogP contribution is 2.21. The van der Waals surface area contributed by atoms with Gasteiger partial charge in [-0.2, -0.15) is 0 Å². The first-order chi connectivity index (χ1) is 12.6. The predicted molar refractivity (Wildman–Crippen MR) is 106 cm³/mol. The van der Waals surface area contributed by atoms with E-state index in [0.29, 0.717) is 18.0 Å². The summed E-state index contributed by atoms with van der Waals surface area (Å²) in [7, 11) is 5.66. The molecule has 2 aromatic rings. The number of methoxy groups -OCH3 is 1. The summed E-state index contributed by atoms with van der Waals surface area (Å²) in [5.41, 5.74) is 3.61. The summed E-state index contributed by atoms with van der Waals surface area (Å²) in [6.45, 7) is 0. The molecule has 26 heavy (non-hydrogen) atoms. The molecule has 0 unspecified atom stereocenters. The number of hydrogen-bond acceptors (Lipinski definition) is 4. The van der Waals surface area contributed by atoms with Crippen LogP contribution in [0.1, 0.15) is 17.5 Å². The number of aryl methyl sites for hydroxylation is 1. The summed E-state index contributed by atoms with van der Waals surface area (Å²) in [5, 5.41) is 2.86. The molecule has 5 heteroatoms. The molecule has 134 valence electrons. The molecular weight excluding hydrogens is 326 g/mol. The third-order valence-electron chi connectivity index (χ3n) is 4.28. The zero-order chi connectivity index (χ0) is 18.5. The van der Waals surface area contributed by atoms with Crippen molar-refractivity contribution in [3.05, 3.63) is 65.4 Å². The van der Waals surface area contributed by atoms with Gasteiger partial charge in [0.15, 0.2) is 0 Å². The second-order valence-corrected chi connectivity index (χ2v) is 6.34. The molecular formula is C21H23N3O2. The van der Waals surface area contributed by atoms with Gasteiger partial charge in [0.1, 0.15) is 17.3 Å². The predicted octanol–water partition coefficient (Wildman–Crippen LogP) is 3.26. The average Bonchev–Trinajstić information content (AvgIpc) is 3.00. The topological polar surface area (TPSA) is 53.9 Å². The smallest absolute Gasteiger partial charge is 0.275 e. The van der Waals surface area contributed by atoms with Crippen LogP contribution in [0, 0.1) is 0 Å². The number of amidine groups is 1. The van der Waals surface area contributed by atoms with Crippen molar-refractivity contribution in [1.82, 2.24) is 5.32 Å². The van der Waals surface area contributed by atoms with Gasteiger partial charge in [-0.25, -0.2) is 4.99 Å². The fraction of sp³-hybridized carbons (Fsp3) is 0.238. The summed E-state index contributed by atoms with van der Waals surface area (Å²) < 4.78 is 5.37. The number of para-hydroxylation sites is 1. The Morgan fingerprint density at radius 2 is 1.81 bits per heavy atom. The van der Waals surface area contributed by atoms with Crippen molar-refractivity contribution in [3.8, 4) is 5.75 Å². The fourth-order valence-electron chi connectivity index (χ4n) is 2.82. The van der Waals surface area contributed by atoms with Crippen molar-refractivity contribution >= 4 is 23.5 Å². The van der Waals surface area contributed by atoms with Crippen molar-refractivity contribution in [1.29, 1.82) is 0 Å². The van der Waals surface area contributed by atoms with Gasteiger partial charge in [-0.1, -0.05) is 30.3 Å². The minimum absolute atomic E-state index is 0.156. The van der Waals surface area contributed by atoms with Crippen LogP contribution in [0.5, 0.6) is 5.75 Å². The van der Waals surface area contributed by atoms with Gasteiger partial charge in [0.25, 0.3) is 5.91 Å². The first-order valence-electron chi connectivity index (χ1n) is 8.56. The van der Waals surface area contributed by atoms with E-state index < -0.39 is 0 Å². The standard InChI is InChI=1S/C21H23N3O2/c1-24(2)17-11-8-15(9-12-17)14-18-21(25)23-20(22-18)13-10-16-6-4-5-7-19(16)26-3/h4-9,11-12,14H,10,13H2,1-3H3,(H,22,23,25)/b18-14+. The van der Waals surface area contributed by atoms with Crippen LogP contribution in [0.4, 0.5) is 5.69 Å². The SMILES string of the molecule is COc1ccccc1CCC1=N/C(=C/c2ccc(N(C)C)cc2)C(=O)N1. The van der Waals surface area contributed by atoms with Gasteiger partial charge >= 0.3 is 0 Å². The lowest BCUT2D eigenvalue weighted by Gasteiger charge is -2.11. The molecule has 2 aromatic carbocycles. The van der Waals surface area contributed by atoms with Crippen molar-refractivity contribution in [2.24, 2.45) is 4.99 Å². The van der Waals surface area contributed by atoms with Gasteiger partial charge in [0.05, 0.1) is 7.11 Å². The molecule has 0 aliphatic carbocycles. The first kappa shape index (κ1) is 17.7. The third kappa shape index (κ3) is 4.11. The maximum atomic E-state index is 12.2. The number of anilines is 1. The molecule has 1 heterocycles. The Kier molecular flexibility index (Phi) is 5.37. The minimum Gasteiger partial charge on any atom is -0.496 e. The number of rotatable bonds is 6. The lowest BCUT2D eigenvalue weighted by Crippen LogP contribution is -2.24. The molecule has 1 aliphatic rings. The number of carbonyl (C=O) groups is 1. The number of hydrogen-bond donors (Lipinski definition) is 1. The van der Waals surface area contributed by atoms with Gasteiger partial charge in [0, 0.05) is 26.2 Å². The molecule has 0 bridgehead atoms. The van der Waals surface area contributed by atoms with E-state index in [2.05, 4.69) is 10.3 Å². The molecule has 0 radical (unpaired) electrons. The Balaban J connectivity index is 1.70. The highest BCUT2D eigenvalue weighted by atomic mass is 16.5. The molecule has 0 saturated carbocycles. The maximum Gasteiger partial charge on any atom is 0.275 e. The van der Waals surface area contributed by atoms with Crippen LogP contribution < -0.4 is 15.0 Å². The lowest BCUT2D eigenvalue weighted by atomic mass is 10.1. The number of carbonyl (C=O) groups excluding carboxylic acids is 1. The quantitative estimate of drug-likeness (QED) is 0.815. The normalized spacial score (nSPS) is 15.0. The molecule has 1 amide bonds. The van der Waals surface area contributed by atoms with E-state index in [1.54, 1.807) is 7.11 Å². The summed E-state index contributed by atoms with van der Waals surface area (Å²) in [6.07, 6.45) is 3.22. The Morgan fingerprint density at radius 3 is 2.50 bits per heavy atom. The molecule has 3 rings (SSSR count). The summed E-state index contributed by atoms with van der Waals surface area (Å²) >= 11 is 0. The third-order valence-corrected chi connectivity index (χ3v) is 4.28. The number of amides is 1. The van der Waals surface area contributed by atoms with E-state index in [-0.39, 0.29) is 5.91 Å². The van der Waals surface area contributed by atoms with E-state index in [1.165, 1.54) is 0 Å². The highest BCUT2D eigenvalue weighted by molar-refractivity contribution is 6.14.